The fraction of sp³-hybridized carbons (Fsp3) is 0.444. The number of benzene rings is 2. The van der Waals surface area contributed by atoms with Gasteiger partial charge in [-0.3, -0.25) is 0 Å². The number of urea groups is 1. The molecule has 4 rings (SSSR count). The van der Waals surface area contributed by atoms with Gasteiger partial charge >= 0.3 is 6.03 Å². The molecule has 1 aromatic heterocycles. The topological polar surface area (TPSA) is 88.5 Å². The van der Waals surface area contributed by atoms with Crippen molar-refractivity contribution in [1.82, 2.24) is 20.0 Å². The number of rotatable bonds is 11. The summed E-state index contributed by atoms with van der Waals surface area (Å²) < 4.78 is 6.19. The summed E-state index contributed by atoms with van der Waals surface area (Å²) in [7, 11) is 0. The lowest BCUT2D eigenvalue weighted by Gasteiger charge is -2.26. The second kappa shape index (κ2) is 10.8. The van der Waals surface area contributed by atoms with Crippen molar-refractivity contribution in [2.45, 2.75) is 57.5 Å². The Morgan fingerprint density at radius 3 is 2.38 bits per heavy atom. The van der Waals surface area contributed by atoms with Gasteiger partial charge in [-0.2, -0.15) is 0 Å². The minimum atomic E-state index is -0.807. The standard InChI is InChI=1S/C27H35N5O2/c1-3-4-17-31-18-19-32(26(31)33)23(16-15-21-11-7-5-8-12-21)24-29-30-25(34-24)27(2,28)20-22-13-9-6-10-14-22/h5-14,23H,3-4,15-20,28H2,1-2H3/t23?,27-/m1/s1. The molecule has 2 heterocycles. The Hall–Kier alpha value is -3.19. The minimum Gasteiger partial charge on any atom is -0.421 e. The first-order valence-electron chi connectivity index (χ1n) is 12.2. The maximum Gasteiger partial charge on any atom is 0.320 e. The molecule has 0 saturated carbocycles. The van der Waals surface area contributed by atoms with Crippen LogP contribution < -0.4 is 5.73 Å². The molecule has 2 N–H and O–H groups in total. The monoisotopic (exact) mass is 461 g/mol. The zero-order valence-corrected chi connectivity index (χ0v) is 20.2. The van der Waals surface area contributed by atoms with Crippen LogP contribution in [-0.2, 0) is 18.4 Å². The van der Waals surface area contributed by atoms with Gasteiger partial charge in [0, 0.05) is 19.6 Å². The molecule has 7 heteroatoms. The van der Waals surface area contributed by atoms with Gasteiger partial charge in [0.1, 0.15) is 6.04 Å². The van der Waals surface area contributed by atoms with E-state index in [2.05, 4.69) is 29.3 Å². The molecule has 1 fully saturated rings. The van der Waals surface area contributed by atoms with Gasteiger partial charge < -0.3 is 20.0 Å². The Labute approximate surface area is 202 Å². The Bertz CT molecular complexity index is 1050. The van der Waals surface area contributed by atoms with Crippen LogP contribution in [0.15, 0.2) is 65.1 Å². The molecular formula is C27H35N5O2. The van der Waals surface area contributed by atoms with Crippen LogP contribution in [0.3, 0.4) is 0 Å². The van der Waals surface area contributed by atoms with Crippen molar-refractivity contribution >= 4 is 6.03 Å². The van der Waals surface area contributed by atoms with Crippen LogP contribution in [0, 0.1) is 0 Å². The molecule has 2 atom stereocenters. The summed E-state index contributed by atoms with van der Waals surface area (Å²) in [4.78, 5) is 17.0. The van der Waals surface area contributed by atoms with Crippen LogP contribution in [0.5, 0.6) is 0 Å². The number of carbonyl (C=O) groups excluding carboxylic acids is 1. The van der Waals surface area contributed by atoms with Gasteiger partial charge in [0.05, 0.1) is 5.54 Å². The highest BCUT2D eigenvalue weighted by molar-refractivity contribution is 5.77. The van der Waals surface area contributed by atoms with E-state index in [-0.39, 0.29) is 12.1 Å². The zero-order valence-electron chi connectivity index (χ0n) is 20.2. The van der Waals surface area contributed by atoms with Crippen LogP contribution >= 0.6 is 0 Å². The molecule has 1 saturated heterocycles. The predicted molar refractivity (Wildman–Crippen MR) is 132 cm³/mol. The Morgan fingerprint density at radius 1 is 1.03 bits per heavy atom. The molecule has 0 bridgehead atoms. The van der Waals surface area contributed by atoms with Crippen molar-refractivity contribution in [3.8, 4) is 0 Å². The fourth-order valence-electron chi connectivity index (χ4n) is 4.50. The molecule has 2 aromatic carbocycles. The van der Waals surface area contributed by atoms with Crippen molar-refractivity contribution in [1.29, 1.82) is 0 Å². The maximum atomic E-state index is 13.2. The van der Waals surface area contributed by atoms with E-state index >= 15 is 0 Å². The number of amides is 2. The van der Waals surface area contributed by atoms with E-state index in [9.17, 15) is 4.79 Å². The molecular weight excluding hydrogens is 426 g/mol. The lowest BCUT2D eigenvalue weighted by Crippen LogP contribution is -2.36. The van der Waals surface area contributed by atoms with Crippen molar-refractivity contribution < 1.29 is 9.21 Å². The van der Waals surface area contributed by atoms with Crippen molar-refractivity contribution in [3.63, 3.8) is 0 Å². The Kier molecular flexibility index (Phi) is 7.63. The SMILES string of the molecule is CCCCN1CCN(C(CCc2ccccc2)c2nnc([C@](C)(N)Cc3ccccc3)o2)C1=O. The number of aryl methyl sites for hydroxylation is 1. The maximum absolute atomic E-state index is 13.2. The first kappa shape index (κ1) is 24.0. The summed E-state index contributed by atoms with van der Waals surface area (Å²) in [5.74, 6) is 0.854. The number of nitrogens with two attached hydrogens (primary N) is 1. The third-order valence-corrected chi connectivity index (χ3v) is 6.46. The molecule has 1 unspecified atom stereocenters. The average molecular weight is 462 g/mol. The number of carbonyl (C=O) groups is 1. The third kappa shape index (κ3) is 5.65. The van der Waals surface area contributed by atoms with Crippen molar-refractivity contribution in [2.24, 2.45) is 5.73 Å². The summed E-state index contributed by atoms with van der Waals surface area (Å²) in [5, 5.41) is 8.73. The normalized spacial score (nSPS) is 16.6. The van der Waals surface area contributed by atoms with Crippen LogP contribution in [0.1, 0.15) is 62.1 Å². The van der Waals surface area contributed by atoms with Gasteiger partial charge in [-0.05, 0) is 43.7 Å². The van der Waals surface area contributed by atoms with Crippen molar-refractivity contribution in [2.75, 3.05) is 19.6 Å². The van der Waals surface area contributed by atoms with Gasteiger partial charge in [0.2, 0.25) is 11.8 Å². The molecule has 180 valence electrons. The highest BCUT2D eigenvalue weighted by Crippen LogP contribution is 2.31. The lowest BCUT2D eigenvalue weighted by molar-refractivity contribution is 0.162. The van der Waals surface area contributed by atoms with E-state index in [1.807, 2.05) is 65.3 Å². The number of aromatic nitrogens is 2. The van der Waals surface area contributed by atoms with Crippen molar-refractivity contribution in [3.05, 3.63) is 83.6 Å². The summed E-state index contributed by atoms with van der Waals surface area (Å²) in [6.07, 6.45) is 4.16. The largest absolute Gasteiger partial charge is 0.421 e. The van der Waals surface area contributed by atoms with Gasteiger partial charge in [-0.25, -0.2) is 4.79 Å². The molecule has 0 spiro atoms. The molecule has 2 amide bonds. The van der Waals surface area contributed by atoms with Crippen LogP contribution in [0.2, 0.25) is 0 Å². The Morgan fingerprint density at radius 2 is 1.71 bits per heavy atom. The summed E-state index contributed by atoms with van der Waals surface area (Å²) in [5.41, 5.74) is 8.14. The predicted octanol–water partition coefficient (Wildman–Crippen LogP) is 4.70. The molecule has 1 aliphatic rings. The van der Waals surface area contributed by atoms with Gasteiger partial charge in [-0.15, -0.1) is 10.2 Å². The van der Waals surface area contributed by atoms with Gasteiger partial charge in [-0.1, -0.05) is 74.0 Å². The highest BCUT2D eigenvalue weighted by atomic mass is 16.4. The number of hydrogen-bond acceptors (Lipinski definition) is 5. The second-order valence-corrected chi connectivity index (χ2v) is 9.38. The molecule has 34 heavy (non-hydrogen) atoms. The summed E-state index contributed by atoms with van der Waals surface area (Å²) in [6.45, 7) is 6.21. The van der Waals surface area contributed by atoms with E-state index < -0.39 is 5.54 Å². The number of unbranched alkanes of at least 4 members (excludes halogenated alkanes) is 1. The third-order valence-electron chi connectivity index (χ3n) is 6.46. The minimum absolute atomic E-state index is 0.0473. The molecule has 0 radical (unpaired) electrons. The van der Waals surface area contributed by atoms with E-state index in [0.29, 0.717) is 31.2 Å². The zero-order chi connectivity index (χ0) is 24.0. The summed E-state index contributed by atoms with van der Waals surface area (Å²) in [6, 6.07) is 20.1. The molecule has 7 nitrogen and oxygen atoms in total. The van der Waals surface area contributed by atoms with E-state index in [1.165, 1.54) is 5.56 Å². The lowest BCUT2D eigenvalue weighted by atomic mass is 9.94. The number of nitrogens with zero attached hydrogens (tertiary/aromatic N) is 4. The van der Waals surface area contributed by atoms with E-state index in [4.69, 9.17) is 10.2 Å². The van der Waals surface area contributed by atoms with Crippen LogP contribution in [0.25, 0.3) is 0 Å². The Balaban J connectivity index is 1.55. The van der Waals surface area contributed by atoms with E-state index in [0.717, 1.165) is 37.9 Å². The molecule has 1 aliphatic heterocycles. The first-order chi connectivity index (χ1) is 16.5. The van der Waals surface area contributed by atoms with Crippen LogP contribution in [-0.4, -0.2) is 45.7 Å². The van der Waals surface area contributed by atoms with Crippen LogP contribution in [0.4, 0.5) is 4.79 Å². The fourth-order valence-corrected chi connectivity index (χ4v) is 4.50. The van der Waals surface area contributed by atoms with Gasteiger partial charge in [0.15, 0.2) is 0 Å². The smallest absolute Gasteiger partial charge is 0.320 e. The van der Waals surface area contributed by atoms with E-state index in [1.54, 1.807) is 0 Å². The second-order valence-electron chi connectivity index (χ2n) is 9.38. The highest BCUT2D eigenvalue weighted by Gasteiger charge is 2.38. The average Bonchev–Trinajstić information content (AvgIpc) is 3.48. The quantitative estimate of drug-likeness (QED) is 0.447. The number of hydrogen-bond donors (Lipinski definition) is 1. The molecule has 0 aliphatic carbocycles. The van der Waals surface area contributed by atoms with Gasteiger partial charge in [0.25, 0.3) is 0 Å². The summed E-state index contributed by atoms with van der Waals surface area (Å²) >= 11 is 0. The first-order valence-corrected chi connectivity index (χ1v) is 12.2. The molecule has 3 aromatic rings.